The molecule has 0 N–H and O–H groups in total. The summed E-state index contributed by atoms with van der Waals surface area (Å²) in [5.74, 6) is -0.181. The molecule has 0 spiro atoms. The highest BCUT2D eigenvalue weighted by Gasteiger charge is 2.37. The van der Waals surface area contributed by atoms with Crippen LogP contribution in [0.15, 0.2) is 35.2 Å². The molecule has 4 rings (SSSR count). The smallest absolute Gasteiger partial charge is 0.243 e. The van der Waals surface area contributed by atoms with E-state index in [1.165, 1.54) is 21.1 Å². The zero-order valence-corrected chi connectivity index (χ0v) is 21.9. The molecular weight excluding hydrogens is 446 g/mol. The van der Waals surface area contributed by atoms with Crippen LogP contribution in [-0.4, -0.2) is 62.8 Å². The van der Waals surface area contributed by atoms with E-state index in [4.69, 9.17) is 0 Å². The predicted octanol–water partition coefficient (Wildman–Crippen LogP) is 3.98. The quantitative estimate of drug-likeness (QED) is 0.660. The second kappa shape index (κ2) is 9.70. The van der Waals surface area contributed by atoms with Gasteiger partial charge in [0.15, 0.2) is 0 Å². The Kier molecular flexibility index (Phi) is 7.06. The number of hydrogen-bond donors (Lipinski definition) is 0. The summed E-state index contributed by atoms with van der Waals surface area (Å²) in [6.45, 7) is 13.6. The summed E-state index contributed by atoms with van der Waals surface area (Å²) < 4.78 is 28.6. The molecule has 0 saturated carbocycles. The first kappa shape index (κ1) is 24.7. The number of piperidine rings is 1. The second-order valence-corrected chi connectivity index (χ2v) is 11.8. The Morgan fingerprint density at radius 2 is 1.53 bits per heavy atom. The van der Waals surface area contributed by atoms with Crippen LogP contribution in [0.2, 0.25) is 0 Å². The molecule has 6 nitrogen and oxygen atoms in total. The second-order valence-electron chi connectivity index (χ2n) is 9.96. The first-order chi connectivity index (χ1) is 16.1. The van der Waals surface area contributed by atoms with Gasteiger partial charge in [0.1, 0.15) is 0 Å². The van der Waals surface area contributed by atoms with Crippen molar-refractivity contribution < 1.29 is 13.2 Å². The highest BCUT2D eigenvalue weighted by atomic mass is 32.2. The van der Waals surface area contributed by atoms with E-state index in [1.54, 1.807) is 0 Å². The average Bonchev–Trinajstić information content (AvgIpc) is 2.80. The van der Waals surface area contributed by atoms with Gasteiger partial charge >= 0.3 is 0 Å². The van der Waals surface area contributed by atoms with Gasteiger partial charge in [0.05, 0.1) is 10.8 Å². The lowest BCUT2D eigenvalue weighted by Gasteiger charge is -2.40. The molecule has 0 bridgehead atoms. The van der Waals surface area contributed by atoms with Gasteiger partial charge in [-0.1, -0.05) is 29.8 Å². The largest absolute Gasteiger partial charge is 0.368 e. The van der Waals surface area contributed by atoms with E-state index < -0.39 is 10.0 Å². The van der Waals surface area contributed by atoms with Crippen molar-refractivity contribution in [2.24, 2.45) is 5.92 Å². The first-order valence-electron chi connectivity index (χ1n) is 12.3. The molecule has 34 heavy (non-hydrogen) atoms. The Labute approximate surface area is 204 Å². The van der Waals surface area contributed by atoms with Crippen LogP contribution in [0, 0.1) is 40.5 Å². The van der Waals surface area contributed by atoms with Gasteiger partial charge in [-0.25, -0.2) is 8.42 Å². The summed E-state index contributed by atoms with van der Waals surface area (Å²) >= 11 is 0. The number of amides is 1. The maximum atomic E-state index is 13.5. The number of benzene rings is 2. The standard InChI is InChI=1S/C27H37N3O3S/c1-19-16-21(3)26(22(4)17-19)34(32,33)30-11-7-9-24(18-30)27(31)29-14-12-28(13-15-29)25-10-6-8-20(2)23(25)5/h6,8,10,16-17,24H,7,9,11-15,18H2,1-5H3/t24-/m0/s1. The van der Waals surface area contributed by atoms with Crippen molar-refractivity contribution in [3.63, 3.8) is 0 Å². The molecule has 2 aliphatic rings. The Morgan fingerprint density at radius 3 is 2.18 bits per heavy atom. The summed E-state index contributed by atoms with van der Waals surface area (Å²) in [6, 6.07) is 10.2. The van der Waals surface area contributed by atoms with Crippen LogP contribution in [0.5, 0.6) is 0 Å². The third-order valence-electron chi connectivity index (χ3n) is 7.44. The van der Waals surface area contributed by atoms with E-state index in [9.17, 15) is 13.2 Å². The Hall–Kier alpha value is -2.38. The highest BCUT2D eigenvalue weighted by Crippen LogP contribution is 2.30. The van der Waals surface area contributed by atoms with Gasteiger partial charge < -0.3 is 9.80 Å². The molecular formula is C27H37N3O3S. The van der Waals surface area contributed by atoms with Crippen molar-refractivity contribution in [3.05, 3.63) is 58.1 Å². The van der Waals surface area contributed by atoms with Crippen LogP contribution in [0.25, 0.3) is 0 Å². The molecule has 1 atom stereocenters. The highest BCUT2D eigenvalue weighted by molar-refractivity contribution is 7.89. The summed E-state index contributed by atoms with van der Waals surface area (Å²) in [5.41, 5.74) is 6.41. The van der Waals surface area contributed by atoms with E-state index in [0.717, 1.165) is 36.2 Å². The van der Waals surface area contributed by atoms with E-state index in [2.05, 4.69) is 36.9 Å². The van der Waals surface area contributed by atoms with Crippen molar-refractivity contribution >= 4 is 21.6 Å². The number of carbonyl (C=O) groups is 1. The Morgan fingerprint density at radius 1 is 0.882 bits per heavy atom. The van der Waals surface area contributed by atoms with Crippen molar-refractivity contribution in [2.45, 2.75) is 52.4 Å². The number of carbonyl (C=O) groups excluding carboxylic acids is 1. The van der Waals surface area contributed by atoms with Crippen LogP contribution in [0.1, 0.15) is 40.7 Å². The SMILES string of the molecule is Cc1cc(C)c(S(=O)(=O)N2CCC[C@H](C(=O)N3CCN(c4cccc(C)c4C)CC3)C2)c(C)c1. The zero-order valence-electron chi connectivity index (χ0n) is 21.1. The third kappa shape index (κ3) is 4.73. The van der Waals surface area contributed by atoms with Crippen LogP contribution >= 0.6 is 0 Å². The number of sulfonamides is 1. The van der Waals surface area contributed by atoms with Crippen molar-refractivity contribution in [1.82, 2.24) is 9.21 Å². The van der Waals surface area contributed by atoms with Crippen LogP contribution in [0.4, 0.5) is 5.69 Å². The molecule has 2 heterocycles. The summed E-state index contributed by atoms with van der Waals surface area (Å²) in [5, 5.41) is 0. The number of rotatable bonds is 4. The summed E-state index contributed by atoms with van der Waals surface area (Å²) in [6.07, 6.45) is 1.45. The third-order valence-corrected chi connectivity index (χ3v) is 9.62. The monoisotopic (exact) mass is 483 g/mol. The summed E-state index contributed by atoms with van der Waals surface area (Å²) in [4.78, 5) is 18.1. The molecule has 2 saturated heterocycles. The minimum absolute atomic E-state index is 0.0952. The topological polar surface area (TPSA) is 60.9 Å². The van der Waals surface area contributed by atoms with Gasteiger partial charge in [0.2, 0.25) is 15.9 Å². The van der Waals surface area contributed by atoms with Crippen LogP contribution in [-0.2, 0) is 14.8 Å². The maximum Gasteiger partial charge on any atom is 0.243 e. The van der Waals surface area contributed by atoms with E-state index >= 15 is 0 Å². The van der Waals surface area contributed by atoms with E-state index in [0.29, 0.717) is 31.0 Å². The van der Waals surface area contributed by atoms with Gasteiger partial charge in [-0.05, 0) is 75.8 Å². The van der Waals surface area contributed by atoms with Gasteiger partial charge in [-0.15, -0.1) is 0 Å². The molecule has 2 aromatic rings. The summed E-state index contributed by atoms with van der Waals surface area (Å²) in [7, 11) is -3.64. The molecule has 0 aromatic heterocycles. The molecule has 0 unspecified atom stereocenters. The zero-order chi connectivity index (χ0) is 24.6. The van der Waals surface area contributed by atoms with Crippen LogP contribution in [0.3, 0.4) is 0 Å². The molecule has 2 aromatic carbocycles. The van der Waals surface area contributed by atoms with E-state index in [-0.39, 0.29) is 18.4 Å². The van der Waals surface area contributed by atoms with Crippen molar-refractivity contribution in [3.8, 4) is 0 Å². The molecule has 7 heteroatoms. The minimum atomic E-state index is -3.64. The fraction of sp³-hybridized carbons (Fsp3) is 0.519. The Bertz CT molecular complexity index is 1160. The van der Waals surface area contributed by atoms with E-state index in [1.807, 2.05) is 37.8 Å². The number of anilines is 1. The van der Waals surface area contributed by atoms with Crippen molar-refractivity contribution in [2.75, 3.05) is 44.2 Å². The Balaban J connectivity index is 1.44. The lowest BCUT2D eigenvalue weighted by atomic mass is 9.97. The van der Waals surface area contributed by atoms with Gasteiger partial charge in [-0.3, -0.25) is 4.79 Å². The minimum Gasteiger partial charge on any atom is -0.368 e. The van der Waals surface area contributed by atoms with Gasteiger partial charge in [0.25, 0.3) is 0 Å². The van der Waals surface area contributed by atoms with Crippen molar-refractivity contribution in [1.29, 1.82) is 0 Å². The number of hydrogen-bond acceptors (Lipinski definition) is 4. The molecule has 1 amide bonds. The molecule has 184 valence electrons. The lowest BCUT2D eigenvalue weighted by molar-refractivity contribution is -0.137. The van der Waals surface area contributed by atoms with Crippen LogP contribution < -0.4 is 4.90 Å². The fourth-order valence-electron chi connectivity index (χ4n) is 5.57. The molecule has 2 fully saturated rings. The fourth-order valence-corrected chi connectivity index (χ4v) is 7.50. The van der Waals surface area contributed by atoms with Gasteiger partial charge in [0, 0.05) is 45.0 Å². The molecule has 2 aliphatic heterocycles. The molecule has 0 aliphatic carbocycles. The number of aryl methyl sites for hydroxylation is 4. The maximum absolute atomic E-state index is 13.5. The first-order valence-corrected chi connectivity index (χ1v) is 13.7. The normalized spacial score (nSPS) is 20.0. The molecule has 0 radical (unpaired) electrons. The number of piperazine rings is 1. The average molecular weight is 484 g/mol. The lowest BCUT2D eigenvalue weighted by Crippen LogP contribution is -2.53. The predicted molar refractivity (Wildman–Crippen MR) is 137 cm³/mol. The number of nitrogens with zero attached hydrogens (tertiary/aromatic N) is 3. The van der Waals surface area contributed by atoms with Gasteiger partial charge in [-0.2, -0.15) is 4.31 Å².